The number of hydrogen-bond acceptors (Lipinski definition) is 3. The minimum absolute atomic E-state index is 0.185. The molecule has 0 amide bonds. The second kappa shape index (κ2) is 3.83. The van der Waals surface area contributed by atoms with Crippen molar-refractivity contribution in [1.82, 2.24) is 4.98 Å². The van der Waals surface area contributed by atoms with E-state index < -0.39 is 0 Å². The van der Waals surface area contributed by atoms with Crippen molar-refractivity contribution in [3.05, 3.63) is 47.8 Å². The lowest BCUT2D eigenvalue weighted by molar-refractivity contribution is 0.0725. The van der Waals surface area contributed by atoms with Crippen molar-refractivity contribution >= 4 is 0 Å². The minimum Gasteiger partial charge on any atom is -0.485 e. The Hall–Kier alpha value is -1.87. The van der Waals surface area contributed by atoms with Crippen LogP contribution >= 0.6 is 0 Å². The molecule has 4 rings (SSSR count). The highest BCUT2D eigenvalue weighted by atomic mass is 16.6. The highest BCUT2D eigenvalue weighted by Gasteiger charge is 2.56. The Balaban J connectivity index is 1.78. The largest absolute Gasteiger partial charge is 0.485 e. The van der Waals surface area contributed by atoms with E-state index in [-0.39, 0.29) is 17.8 Å². The number of aryl methyl sites for hydroxylation is 1. The van der Waals surface area contributed by atoms with Gasteiger partial charge in [-0.25, -0.2) is 0 Å². The SMILES string of the molecule is Cc1cc(-c2ccc3c(c2)C2OC2C(C)(C)O3)ccn1. The van der Waals surface area contributed by atoms with Crippen LogP contribution in [0.25, 0.3) is 11.1 Å². The van der Waals surface area contributed by atoms with Gasteiger partial charge in [0, 0.05) is 17.5 Å². The maximum Gasteiger partial charge on any atom is 0.132 e. The molecule has 20 heavy (non-hydrogen) atoms. The number of pyridine rings is 1. The Labute approximate surface area is 118 Å². The van der Waals surface area contributed by atoms with Gasteiger partial charge in [0.1, 0.15) is 23.6 Å². The van der Waals surface area contributed by atoms with E-state index in [1.54, 1.807) is 0 Å². The monoisotopic (exact) mass is 267 g/mol. The molecular weight excluding hydrogens is 250 g/mol. The van der Waals surface area contributed by atoms with Gasteiger partial charge in [-0.15, -0.1) is 0 Å². The lowest BCUT2D eigenvalue weighted by Gasteiger charge is -2.29. The van der Waals surface area contributed by atoms with Gasteiger partial charge >= 0.3 is 0 Å². The highest BCUT2D eigenvalue weighted by molar-refractivity contribution is 5.66. The summed E-state index contributed by atoms with van der Waals surface area (Å²) in [6.45, 7) is 6.18. The molecule has 0 bridgehead atoms. The Morgan fingerprint density at radius 3 is 2.70 bits per heavy atom. The maximum absolute atomic E-state index is 6.05. The van der Waals surface area contributed by atoms with Crippen LogP contribution in [0.5, 0.6) is 5.75 Å². The zero-order valence-corrected chi connectivity index (χ0v) is 11.9. The molecule has 0 aliphatic carbocycles. The molecule has 1 fully saturated rings. The normalized spacial score (nSPS) is 25.4. The van der Waals surface area contributed by atoms with Crippen molar-refractivity contribution in [1.29, 1.82) is 0 Å². The molecule has 102 valence electrons. The first-order chi connectivity index (χ1) is 9.54. The third-order valence-corrected chi connectivity index (χ3v) is 4.10. The van der Waals surface area contributed by atoms with Crippen LogP contribution in [0.1, 0.15) is 31.2 Å². The summed E-state index contributed by atoms with van der Waals surface area (Å²) in [4.78, 5) is 4.25. The second-order valence-electron chi connectivity index (χ2n) is 6.12. The average Bonchev–Trinajstić information content (AvgIpc) is 3.19. The Morgan fingerprint density at radius 2 is 1.90 bits per heavy atom. The van der Waals surface area contributed by atoms with Crippen LogP contribution in [-0.4, -0.2) is 16.7 Å². The maximum atomic E-state index is 6.05. The van der Waals surface area contributed by atoms with Gasteiger partial charge in [-0.1, -0.05) is 6.07 Å². The number of nitrogens with zero attached hydrogens (tertiary/aromatic N) is 1. The van der Waals surface area contributed by atoms with E-state index in [0.717, 1.165) is 11.4 Å². The van der Waals surface area contributed by atoms with Crippen molar-refractivity contribution < 1.29 is 9.47 Å². The summed E-state index contributed by atoms with van der Waals surface area (Å²) >= 11 is 0. The van der Waals surface area contributed by atoms with Crippen LogP contribution < -0.4 is 4.74 Å². The molecule has 2 atom stereocenters. The predicted octanol–water partition coefficient (Wildman–Crippen LogP) is 3.67. The topological polar surface area (TPSA) is 34.6 Å². The molecule has 1 saturated heterocycles. The summed E-state index contributed by atoms with van der Waals surface area (Å²) in [6, 6.07) is 10.5. The summed E-state index contributed by atoms with van der Waals surface area (Å²) < 4.78 is 11.8. The lowest BCUT2D eigenvalue weighted by Crippen LogP contribution is -2.37. The van der Waals surface area contributed by atoms with Crippen LogP contribution in [0, 0.1) is 6.92 Å². The fraction of sp³-hybridized carbons (Fsp3) is 0.353. The van der Waals surface area contributed by atoms with E-state index in [2.05, 4.69) is 43.1 Å². The van der Waals surface area contributed by atoms with Gasteiger partial charge < -0.3 is 9.47 Å². The number of ether oxygens (including phenoxy) is 2. The van der Waals surface area contributed by atoms with Crippen molar-refractivity contribution in [2.75, 3.05) is 0 Å². The number of fused-ring (bicyclic) bond motifs is 3. The molecule has 2 aromatic rings. The van der Waals surface area contributed by atoms with Gasteiger partial charge in [-0.3, -0.25) is 4.98 Å². The van der Waals surface area contributed by atoms with E-state index >= 15 is 0 Å². The molecule has 0 N–H and O–H groups in total. The fourth-order valence-electron chi connectivity index (χ4n) is 2.99. The third kappa shape index (κ3) is 1.74. The van der Waals surface area contributed by atoms with Gasteiger partial charge in [0.25, 0.3) is 0 Å². The molecule has 1 aromatic carbocycles. The van der Waals surface area contributed by atoms with E-state index in [9.17, 15) is 0 Å². The van der Waals surface area contributed by atoms with Crippen molar-refractivity contribution in [2.24, 2.45) is 0 Å². The number of aromatic nitrogens is 1. The molecule has 0 saturated carbocycles. The summed E-state index contributed by atoms with van der Waals surface area (Å²) in [6.07, 6.45) is 2.22. The zero-order chi connectivity index (χ0) is 13.9. The Kier molecular flexibility index (Phi) is 2.28. The molecule has 3 heteroatoms. The predicted molar refractivity (Wildman–Crippen MR) is 76.7 cm³/mol. The van der Waals surface area contributed by atoms with Crippen LogP contribution in [0.2, 0.25) is 0 Å². The third-order valence-electron chi connectivity index (χ3n) is 4.10. The first-order valence-corrected chi connectivity index (χ1v) is 6.96. The Bertz CT molecular complexity index is 693. The number of benzene rings is 1. The highest BCUT2D eigenvalue weighted by Crippen LogP contribution is 2.54. The van der Waals surface area contributed by atoms with Gasteiger partial charge in [-0.05, 0) is 56.2 Å². The average molecular weight is 267 g/mol. The van der Waals surface area contributed by atoms with Crippen LogP contribution in [0.3, 0.4) is 0 Å². The Morgan fingerprint density at radius 1 is 1.10 bits per heavy atom. The van der Waals surface area contributed by atoms with Gasteiger partial charge in [0.05, 0.1) is 0 Å². The summed E-state index contributed by atoms with van der Waals surface area (Å²) in [5.41, 5.74) is 4.33. The molecule has 3 heterocycles. The molecule has 0 radical (unpaired) electrons. The van der Waals surface area contributed by atoms with E-state index in [1.807, 2.05) is 19.2 Å². The van der Waals surface area contributed by atoms with E-state index in [1.165, 1.54) is 16.7 Å². The molecule has 2 aliphatic rings. The lowest BCUT2D eigenvalue weighted by atomic mass is 9.92. The number of hydrogen-bond donors (Lipinski definition) is 0. The fourth-order valence-corrected chi connectivity index (χ4v) is 2.99. The van der Waals surface area contributed by atoms with Crippen LogP contribution in [0.4, 0.5) is 0 Å². The molecule has 1 aromatic heterocycles. The summed E-state index contributed by atoms with van der Waals surface area (Å²) in [5.74, 6) is 0.947. The van der Waals surface area contributed by atoms with E-state index in [0.29, 0.717) is 0 Å². The standard InChI is InChI=1S/C17H17NO2/c1-10-8-12(6-7-18-10)11-4-5-14-13(9-11)15-16(19-15)17(2,3)20-14/h4-9,15-16H,1-3H3. The minimum atomic E-state index is -0.230. The second-order valence-corrected chi connectivity index (χ2v) is 6.12. The molecule has 2 unspecified atom stereocenters. The van der Waals surface area contributed by atoms with Gasteiger partial charge in [-0.2, -0.15) is 0 Å². The molecule has 3 nitrogen and oxygen atoms in total. The molecule has 2 aliphatic heterocycles. The van der Waals surface area contributed by atoms with Gasteiger partial charge in [0.2, 0.25) is 0 Å². The van der Waals surface area contributed by atoms with Gasteiger partial charge in [0.15, 0.2) is 0 Å². The molecule has 0 spiro atoms. The van der Waals surface area contributed by atoms with Crippen molar-refractivity contribution in [2.45, 2.75) is 38.6 Å². The summed E-state index contributed by atoms with van der Waals surface area (Å²) in [7, 11) is 0. The van der Waals surface area contributed by atoms with Crippen LogP contribution in [-0.2, 0) is 4.74 Å². The summed E-state index contributed by atoms with van der Waals surface area (Å²) in [5, 5.41) is 0. The first-order valence-electron chi connectivity index (χ1n) is 6.96. The zero-order valence-electron chi connectivity index (χ0n) is 11.9. The number of epoxide rings is 1. The number of rotatable bonds is 1. The molecular formula is C17H17NO2. The van der Waals surface area contributed by atoms with Crippen LogP contribution in [0.15, 0.2) is 36.5 Å². The smallest absolute Gasteiger partial charge is 0.132 e. The van der Waals surface area contributed by atoms with E-state index in [4.69, 9.17) is 9.47 Å². The quantitative estimate of drug-likeness (QED) is 0.739. The first kappa shape index (κ1) is 11.9. The van der Waals surface area contributed by atoms with Crippen molar-refractivity contribution in [3.8, 4) is 16.9 Å². The van der Waals surface area contributed by atoms with Crippen molar-refractivity contribution in [3.63, 3.8) is 0 Å².